The molecule has 0 heterocycles. The maximum Gasteiger partial charge on any atom is 0.244 e. The minimum atomic E-state index is -0.243. The lowest BCUT2D eigenvalue weighted by Gasteiger charge is -2.20. The molecule has 0 spiro atoms. The zero-order valence-corrected chi connectivity index (χ0v) is 14.9. The summed E-state index contributed by atoms with van der Waals surface area (Å²) in [6.07, 6.45) is 0. The van der Waals surface area contributed by atoms with Crippen molar-refractivity contribution in [2.45, 2.75) is 13.5 Å². The van der Waals surface area contributed by atoms with E-state index in [0.717, 1.165) is 10.0 Å². The fraction of sp³-hybridized carbons (Fsp3) is 0.176. The zero-order valence-electron chi connectivity index (χ0n) is 12.6. The third-order valence-electron chi connectivity index (χ3n) is 3.17. The van der Waals surface area contributed by atoms with Crippen molar-refractivity contribution in [1.29, 1.82) is 0 Å². The van der Waals surface area contributed by atoms with E-state index in [1.54, 1.807) is 24.3 Å². The molecule has 4 nitrogen and oxygen atoms in total. The molecule has 0 atom stereocenters. The molecule has 0 unspecified atom stereocenters. The van der Waals surface area contributed by atoms with Gasteiger partial charge >= 0.3 is 0 Å². The molecule has 2 aromatic carbocycles. The monoisotopic (exact) mass is 394 g/mol. The molecular formula is C17H16BrClN2O2. The molecule has 2 rings (SSSR count). The van der Waals surface area contributed by atoms with Gasteiger partial charge in [-0.25, -0.2) is 0 Å². The van der Waals surface area contributed by atoms with Crippen LogP contribution < -0.4 is 5.32 Å². The first-order valence-electron chi connectivity index (χ1n) is 6.99. The van der Waals surface area contributed by atoms with Gasteiger partial charge in [0.2, 0.25) is 11.8 Å². The average molecular weight is 396 g/mol. The molecule has 2 amide bonds. The molecule has 0 saturated heterocycles. The Bertz CT molecular complexity index is 704. The average Bonchev–Trinajstić information content (AvgIpc) is 2.48. The maximum atomic E-state index is 12.1. The van der Waals surface area contributed by atoms with E-state index in [4.69, 9.17) is 11.6 Å². The molecule has 0 radical (unpaired) electrons. The third kappa shape index (κ3) is 5.69. The van der Waals surface area contributed by atoms with Gasteiger partial charge in [0.25, 0.3) is 0 Å². The highest BCUT2D eigenvalue weighted by molar-refractivity contribution is 9.10. The second-order valence-corrected chi connectivity index (χ2v) is 6.41. The number of carbonyl (C=O) groups excluding carboxylic acids is 2. The first kappa shape index (κ1) is 17.5. The van der Waals surface area contributed by atoms with Crippen LogP contribution in [-0.4, -0.2) is 23.3 Å². The van der Waals surface area contributed by atoms with Crippen molar-refractivity contribution < 1.29 is 9.59 Å². The highest BCUT2D eigenvalue weighted by atomic mass is 79.9. The number of amides is 2. The number of anilines is 1. The second-order valence-electron chi connectivity index (χ2n) is 5.06. The number of hydrogen-bond donors (Lipinski definition) is 1. The maximum absolute atomic E-state index is 12.1. The number of hydrogen-bond acceptors (Lipinski definition) is 2. The lowest BCUT2D eigenvalue weighted by molar-refractivity contribution is -0.133. The van der Waals surface area contributed by atoms with E-state index in [0.29, 0.717) is 17.3 Å². The van der Waals surface area contributed by atoms with Crippen LogP contribution in [0.4, 0.5) is 5.69 Å². The molecule has 0 aliphatic heterocycles. The van der Waals surface area contributed by atoms with Crippen LogP contribution in [0.1, 0.15) is 12.5 Å². The molecular weight excluding hydrogens is 380 g/mol. The Morgan fingerprint density at radius 2 is 1.87 bits per heavy atom. The van der Waals surface area contributed by atoms with Crippen LogP contribution >= 0.6 is 27.5 Å². The highest BCUT2D eigenvalue weighted by Crippen LogP contribution is 2.16. The molecule has 0 fully saturated rings. The van der Waals surface area contributed by atoms with E-state index in [-0.39, 0.29) is 18.4 Å². The van der Waals surface area contributed by atoms with E-state index in [2.05, 4.69) is 21.2 Å². The van der Waals surface area contributed by atoms with Crippen molar-refractivity contribution >= 4 is 45.0 Å². The highest BCUT2D eigenvalue weighted by Gasteiger charge is 2.14. The summed E-state index contributed by atoms with van der Waals surface area (Å²) in [5, 5.41) is 3.41. The van der Waals surface area contributed by atoms with Gasteiger partial charge in [-0.1, -0.05) is 45.7 Å². The summed E-state index contributed by atoms with van der Waals surface area (Å²) >= 11 is 9.20. The lowest BCUT2D eigenvalue weighted by atomic mass is 10.2. The summed E-state index contributed by atoms with van der Waals surface area (Å²) in [7, 11) is 0. The van der Waals surface area contributed by atoms with E-state index >= 15 is 0 Å². The van der Waals surface area contributed by atoms with E-state index < -0.39 is 0 Å². The van der Waals surface area contributed by atoms with Crippen molar-refractivity contribution in [2.24, 2.45) is 0 Å². The van der Waals surface area contributed by atoms with Gasteiger partial charge in [0.1, 0.15) is 6.54 Å². The van der Waals surface area contributed by atoms with Gasteiger partial charge in [0.05, 0.1) is 0 Å². The largest absolute Gasteiger partial charge is 0.329 e. The first-order valence-corrected chi connectivity index (χ1v) is 8.16. The fourth-order valence-electron chi connectivity index (χ4n) is 2.03. The van der Waals surface area contributed by atoms with Crippen molar-refractivity contribution in [1.82, 2.24) is 4.90 Å². The minimum absolute atomic E-state index is 0.00945. The Labute approximate surface area is 148 Å². The summed E-state index contributed by atoms with van der Waals surface area (Å²) in [6, 6.07) is 14.5. The van der Waals surface area contributed by atoms with Crippen molar-refractivity contribution in [2.75, 3.05) is 11.9 Å². The second kappa shape index (κ2) is 8.13. The fourth-order valence-corrected chi connectivity index (χ4v) is 2.55. The predicted molar refractivity (Wildman–Crippen MR) is 95.3 cm³/mol. The van der Waals surface area contributed by atoms with E-state index in [1.165, 1.54) is 11.8 Å². The van der Waals surface area contributed by atoms with Crippen LogP contribution in [0.15, 0.2) is 53.0 Å². The Hall–Kier alpha value is -1.85. The predicted octanol–water partition coefficient (Wildman–Crippen LogP) is 4.09. The topological polar surface area (TPSA) is 49.4 Å². The first-order chi connectivity index (χ1) is 10.9. The molecule has 6 heteroatoms. The summed E-state index contributed by atoms with van der Waals surface area (Å²) in [4.78, 5) is 25.4. The van der Waals surface area contributed by atoms with Crippen LogP contribution in [0, 0.1) is 0 Å². The van der Waals surface area contributed by atoms with Gasteiger partial charge in [0, 0.05) is 28.7 Å². The molecule has 0 bridgehead atoms. The van der Waals surface area contributed by atoms with Crippen LogP contribution in [0.2, 0.25) is 5.02 Å². The molecule has 23 heavy (non-hydrogen) atoms. The van der Waals surface area contributed by atoms with Crippen LogP contribution in [-0.2, 0) is 16.1 Å². The van der Waals surface area contributed by atoms with Crippen molar-refractivity contribution in [3.8, 4) is 0 Å². The number of halogens is 2. The van der Waals surface area contributed by atoms with Gasteiger partial charge in [-0.3, -0.25) is 9.59 Å². The molecule has 120 valence electrons. The number of carbonyl (C=O) groups is 2. The Morgan fingerprint density at radius 3 is 2.48 bits per heavy atom. The summed E-state index contributed by atoms with van der Waals surface area (Å²) in [5.74, 6) is -0.406. The number of nitrogens with one attached hydrogen (secondary N) is 1. The molecule has 0 saturated carbocycles. The zero-order chi connectivity index (χ0) is 16.8. The summed E-state index contributed by atoms with van der Waals surface area (Å²) in [6.45, 7) is 1.80. The number of rotatable bonds is 5. The SMILES string of the molecule is CC(=O)N(CC(=O)Nc1cccc(Br)c1)Cc1ccc(Cl)cc1. The van der Waals surface area contributed by atoms with E-state index in [9.17, 15) is 9.59 Å². The van der Waals surface area contributed by atoms with E-state index in [1.807, 2.05) is 24.3 Å². The number of nitrogens with zero attached hydrogens (tertiary/aromatic N) is 1. The van der Waals surface area contributed by atoms with Crippen molar-refractivity contribution in [3.63, 3.8) is 0 Å². The Kier molecular flexibility index (Phi) is 6.19. The third-order valence-corrected chi connectivity index (χ3v) is 3.92. The summed E-state index contributed by atoms with van der Waals surface area (Å²) in [5.41, 5.74) is 1.60. The standard InChI is InChI=1S/C17H16BrClN2O2/c1-12(22)21(10-13-5-7-15(19)8-6-13)11-17(23)20-16-4-2-3-14(18)9-16/h2-9H,10-11H2,1H3,(H,20,23). The molecule has 2 aromatic rings. The summed E-state index contributed by atoms with van der Waals surface area (Å²) < 4.78 is 0.875. The normalized spacial score (nSPS) is 10.2. The minimum Gasteiger partial charge on any atom is -0.329 e. The number of benzene rings is 2. The Balaban J connectivity index is 1.99. The van der Waals surface area contributed by atoms with Crippen LogP contribution in [0.5, 0.6) is 0 Å². The van der Waals surface area contributed by atoms with Gasteiger partial charge in [-0.2, -0.15) is 0 Å². The molecule has 0 aliphatic carbocycles. The van der Waals surface area contributed by atoms with Crippen LogP contribution in [0.3, 0.4) is 0 Å². The van der Waals surface area contributed by atoms with Gasteiger partial charge in [0.15, 0.2) is 0 Å². The van der Waals surface area contributed by atoms with Gasteiger partial charge in [-0.15, -0.1) is 0 Å². The molecule has 0 aliphatic rings. The van der Waals surface area contributed by atoms with Crippen LogP contribution in [0.25, 0.3) is 0 Å². The molecule has 0 aromatic heterocycles. The van der Waals surface area contributed by atoms with Crippen molar-refractivity contribution in [3.05, 3.63) is 63.6 Å². The Morgan fingerprint density at radius 1 is 1.17 bits per heavy atom. The van der Waals surface area contributed by atoms with Gasteiger partial charge in [-0.05, 0) is 35.9 Å². The quantitative estimate of drug-likeness (QED) is 0.829. The molecule has 1 N–H and O–H groups in total. The lowest BCUT2D eigenvalue weighted by Crippen LogP contribution is -2.36. The van der Waals surface area contributed by atoms with Gasteiger partial charge < -0.3 is 10.2 Å². The smallest absolute Gasteiger partial charge is 0.244 e.